The lowest BCUT2D eigenvalue weighted by Gasteiger charge is -2.32. The van der Waals surface area contributed by atoms with E-state index in [1.165, 1.54) is 5.56 Å². The van der Waals surface area contributed by atoms with E-state index in [9.17, 15) is 4.79 Å². The molecule has 6 heteroatoms. The van der Waals surface area contributed by atoms with Crippen molar-refractivity contribution in [3.63, 3.8) is 0 Å². The molecule has 4 heterocycles. The van der Waals surface area contributed by atoms with E-state index in [-0.39, 0.29) is 11.8 Å². The van der Waals surface area contributed by atoms with Crippen molar-refractivity contribution in [2.24, 2.45) is 0 Å². The van der Waals surface area contributed by atoms with E-state index in [0.717, 1.165) is 37.4 Å². The summed E-state index contributed by atoms with van der Waals surface area (Å²) in [7, 11) is 0. The Morgan fingerprint density at radius 2 is 2.04 bits per heavy atom. The molecule has 3 aromatic heterocycles. The Labute approximate surface area is 158 Å². The van der Waals surface area contributed by atoms with Crippen molar-refractivity contribution in [2.45, 2.75) is 32.2 Å². The third-order valence-corrected chi connectivity index (χ3v) is 5.03. The number of hydrogen-bond acceptors (Lipinski definition) is 4. The summed E-state index contributed by atoms with van der Waals surface area (Å²) in [6, 6.07) is 9.63. The van der Waals surface area contributed by atoms with Crippen LogP contribution in [-0.4, -0.2) is 43.4 Å². The molecule has 27 heavy (non-hydrogen) atoms. The van der Waals surface area contributed by atoms with E-state index >= 15 is 0 Å². The van der Waals surface area contributed by atoms with Crippen molar-refractivity contribution in [3.05, 3.63) is 77.9 Å². The molecule has 1 fully saturated rings. The summed E-state index contributed by atoms with van der Waals surface area (Å²) >= 11 is 0. The van der Waals surface area contributed by atoms with Crippen LogP contribution in [0.25, 0.3) is 0 Å². The molecule has 6 nitrogen and oxygen atoms in total. The highest BCUT2D eigenvalue weighted by molar-refractivity contribution is 5.92. The van der Waals surface area contributed by atoms with Crippen molar-refractivity contribution in [3.8, 4) is 0 Å². The van der Waals surface area contributed by atoms with Crippen LogP contribution >= 0.6 is 0 Å². The molecule has 1 atom stereocenters. The number of imidazole rings is 1. The van der Waals surface area contributed by atoms with Gasteiger partial charge in [-0.2, -0.15) is 0 Å². The maximum Gasteiger partial charge on any atom is 0.272 e. The molecule has 138 valence electrons. The van der Waals surface area contributed by atoms with Crippen LogP contribution in [0.2, 0.25) is 0 Å². The number of pyridine rings is 2. The van der Waals surface area contributed by atoms with Crippen LogP contribution in [0, 0.1) is 6.92 Å². The van der Waals surface area contributed by atoms with Gasteiger partial charge in [0, 0.05) is 56.0 Å². The van der Waals surface area contributed by atoms with Gasteiger partial charge in [0.25, 0.3) is 5.91 Å². The fraction of sp³-hybridized carbons (Fsp3) is 0.333. The van der Waals surface area contributed by atoms with Gasteiger partial charge >= 0.3 is 0 Å². The Morgan fingerprint density at radius 3 is 2.85 bits per heavy atom. The number of likely N-dealkylation sites (tertiary alicyclic amines) is 1. The molecule has 0 aromatic carbocycles. The smallest absolute Gasteiger partial charge is 0.272 e. The molecule has 4 rings (SSSR count). The zero-order valence-electron chi connectivity index (χ0n) is 15.5. The predicted octanol–water partition coefficient (Wildman–Crippen LogP) is 3.05. The Balaban J connectivity index is 1.51. The number of hydrogen-bond donors (Lipinski definition) is 0. The summed E-state index contributed by atoms with van der Waals surface area (Å²) in [6.07, 6.45) is 9.49. The number of amides is 1. The third-order valence-electron chi connectivity index (χ3n) is 5.03. The van der Waals surface area contributed by atoms with Crippen LogP contribution in [0.15, 0.2) is 55.1 Å². The molecular formula is C21H23N5O. The quantitative estimate of drug-likeness (QED) is 0.716. The Kier molecular flexibility index (Phi) is 4.96. The minimum absolute atomic E-state index is 0.00985. The first-order chi connectivity index (χ1) is 13.2. The lowest BCUT2D eigenvalue weighted by molar-refractivity contribution is 0.0697. The van der Waals surface area contributed by atoms with Gasteiger partial charge in [0.05, 0.1) is 0 Å². The first-order valence-corrected chi connectivity index (χ1v) is 9.33. The van der Waals surface area contributed by atoms with Gasteiger partial charge in [-0.1, -0.05) is 6.07 Å². The highest BCUT2D eigenvalue weighted by Gasteiger charge is 2.28. The summed E-state index contributed by atoms with van der Waals surface area (Å²) < 4.78 is 2.18. The first kappa shape index (κ1) is 17.4. The minimum Gasteiger partial charge on any atom is -0.337 e. The van der Waals surface area contributed by atoms with Crippen LogP contribution in [0.1, 0.15) is 46.3 Å². The molecule has 0 N–H and O–H groups in total. The largest absolute Gasteiger partial charge is 0.337 e. The van der Waals surface area contributed by atoms with E-state index < -0.39 is 0 Å². The number of aryl methyl sites for hydroxylation is 1. The lowest BCUT2D eigenvalue weighted by atomic mass is 9.96. The topological polar surface area (TPSA) is 63.9 Å². The van der Waals surface area contributed by atoms with Crippen LogP contribution in [0.5, 0.6) is 0 Å². The number of aromatic nitrogens is 4. The average molecular weight is 361 g/mol. The van der Waals surface area contributed by atoms with Crippen LogP contribution in [0.4, 0.5) is 0 Å². The molecule has 1 aliphatic heterocycles. The molecule has 0 radical (unpaired) electrons. The highest BCUT2D eigenvalue weighted by atomic mass is 16.2. The SMILES string of the molecule is Cc1cccc(C(=O)N2CCCC(c3nccn3Cc3ccncc3)C2)n1. The number of piperidine rings is 1. The fourth-order valence-corrected chi connectivity index (χ4v) is 3.70. The van der Waals surface area contributed by atoms with Gasteiger partial charge in [-0.25, -0.2) is 9.97 Å². The van der Waals surface area contributed by atoms with Crippen molar-refractivity contribution in [1.82, 2.24) is 24.4 Å². The molecule has 1 unspecified atom stereocenters. The van der Waals surface area contributed by atoms with Gasteiger partial charge in [0.2, 0.25) is 0 Å². The molecule has 1 amide bonds. The minimum atomic E-state index is 0.00985. The standard InChI is InChI=1S/C21H23N5O/c1-16-4-2-6-19(24-16)21(27)26-12-3-5-18(15-26)20-23-11-13-25(20)14-17-7-9-22-10-8-17/h2,4,6-11,13,18H,3,5,12,14-15H2,1H3. The van der Waals surface area contributed by atoms with Gasteiger partial charge in [-0.15, -0.1) is 0 Å². The molecule has 0 spiro atoms. The third kappa shape index (κ3) is 3.89. The lowest BCUT2D eigenvalue weighted by Crippen LogP contribution is -2.40. The van der Waals surface area contributed by atoms with E-state index in [0.29, 0.717) is 12.2 Å². The molecule has 1 aliphatic rings. The maximum atomic E-state index is 12.9. The molecular weight excluding hydrogens is 338 g/mol. The number of nitrogens with zero attached hydrogens (tertiary/aromatic N) is 5. The summed E-state index contributed by atoms with van der Waals surface area (Å²) in [4.78, 5) is 27.9. The van der Waals surface area contributed by atoms with E-state index in [4.69, 9.17) is 0 Å². The van der Waals surface area contributed by atoms with Gasteiger partial charge in [0.1, 0.15) is 11.5 Å². The normalized spacial score (nSPS) is 17.1. The van der Waals surface area contributed by atoms with Gasteiger partial charge in [-0.05, 0) is 49.6 Å². The number of carbonyl (C=O) groups excluding carboxylic acids is 1. The van der Waals surface area contributed by atoms with Crippen molar-refractivity contribution < 1.29 is 4.79 Å². The first-order valence-electron chi connectivity index (χ1n) is 9.33. The second-order valence-electron chi connectivity index (χ2n) is 7.02. The second-order valence-corrected chi connectivity index (χ2v) is 7.02. The molecule has 0 aliphatic carbocycles. The summed E-state index contributed by atoms with van der Waals surface area (Å²) in [5.41, 5.74) is 2.58. The van der Waals surface area contributed by atoms with Crippen LogP contribution in [-0.2, 0) is 6.54 Å². The van der Waals surface area contributed by atoms with E-state index in [1.54, 1.807) is 6.07 Å². The zero-order valence-corrected chi connectivity index (χ0v) is 15.5. The summed E-state index contributed by atoms with van der Waals surface area (Å²) in [5, 5.41) is 0. The molecule has 1 saturated heterocycles. The zero-order chi connectivity index (χ0) is 18.6. The Hall–Kier alpha value is -3.02. The fourth-order valence-electron chi connectivity index (χ4n) is 3.70. The van der Waals surface area contributed by atoms with Crippen molar-refractivity contribution >= 4 is 5.91 Å². The van der Waals surface area contributed by atoms with Crippen molar-refractivity contribution in [2.75, 3.05) is 13.1 Å². The highest BCUT2D eigenvalue weighted by Crippen LogP contribution is 2.27. The van der Waals surface area contributed by atoms with E-state index in [1.807, 2.05) is 60.9 Å². The van der Waals surface area contributed by atoms with E-state index in [2.05, 4.69) is 19.5 Å². The second kappa shape index (κ2) is 7.70. The van der Waals surface area contributed by atoms with Gasteiger partial charge < -0.3 is 9.47 Å². The Morgan fingerprint density at radius 1 is 1.19 bits per heavy atom. The molecule has 3 aromatic rings. The van der Waals surface area contributed by atoms with Gasteiger partial charge in [0.15, 0.2) is 0 Å². The number of rotatable bonds is 4. The summed E-state index contributed by atoms with van der Waals surface area (Å²) in [6.45, 7) is 4.13. The predicted molar refractivity (Wildman–Crippen MR) is 102 cm³/mol. The van der Waals surface area contributed by atoms with Crippen LogP contribution in [0.3, 0.4) is 0 Å². The van der Waals surface area contributed by atoms with Crippen LogP contribution < -0.4 is 0 Å². The number of carbonyl (C=O) groups is 1. The molecule has 0 bridgehead atoms. The maximum absolute atomic E-state index is 12.9. The summed E-state index contributed by atoms with van der Waals surface area (Å²) in [5.74, 6) is 1.29. The van der Waals surface area contributed by atoms with Gasteiger partial charge in [-0.3, -0.25) is 9.78 Å². The monoisotopic (exact) mass is 361 g/mol. The molecule has 0 saturated carbocycles. The average Bonchev–Trinajstić information content (AvgIpc) is 3.16. The Bertz CT molecular complexity index is 921. The van der Waals surface area contributed by atoms with Crippen molar-refractivity contribution in [1.29, 1.82) is 0 Å².